The van der Waals surface area contributed by atoms with Crippen molar-refractivity contribution in [3.05, 3.63) is 22.3 Å². The molecule has 0 amide bonds. The molecule has 2 atom stereocenters. The molecular weight excluding hydrogens is 342 g/mol. The van der Waals surface area contributed by atoms with Crippen LogP contribution in [0.3, 0.4) is 0 Å². The first kappa shape index (κ1) is 15.8. The van der Waals surface area contributed by atoms with Crippen LogP contribution in [0.5, 0.6) is 5.88 Å². The molecule has 0 aromatic carbocycles. The van der Waals surface area contributed by atoms with E-state index in [9.17, 15) is 8.42 Å². The number of aromatic nitrogens is 1. The maximum atomic E-state index is 11.8. The average molecular weight is 362 g/mol. The van der Waals surface area contributed by atoms with Crippen LogP contribution < -0.4 is 4.74 Å². The van der Waals surface area contributed by atoms with Gasteiger partial charge in [-0.3, -0.25) is 0 Å². The lowest BCUT2D eigenvalue weighted by molar-refractivity contribution is 0.204. The van der Waals surface area contributed by atoms with Gasteiger partial charge in [-0.25, -0.2) is 13.4 Å². The summed E-state index contributed by atoms with van der Waals surface area (Å²) < 4.78 is 30.3. The molecule has 0 saturated heterocycles. The quantitative estimate of drug-likeness (QED) is 0.826. The highest BCUT2D eigenvalue weighted by molar-refractivity contribution is 9.10. The number of pyridine rings is 1. The van der Waals surface area contributed by atoms with Crippen LogP contribution >= 0.6 is 15.9 Å². The largest absolute Gasteiger partial charge is 0.477 e. The van der Waals surface area contributed by atoms with Gasteiger partial charge in [0.15, 0.2) is 9.84 Å². The molecule has 1 aromatic rings. The van der Waals surface area contributed by atoms with E-state index < -0.39 is 9.84 Å². The zero-order chi connectivity index (χ0) is 14.8. The number of aryl methyl sites for hydroxylation is 1. The molecule has 0 radical (unpaired) electrons. The van der Waals surface area contributed by atoms with E-state index in [1.54, 1.807) is 6.07 Å². The highest BCUT2D eigenvalue weighted by Crippen LogP contribution is 2.30. The van der Waals surface area contributed by atoms with E-state index in [1.807, 2.05) is 13.0 Å². The van der Waals surface area contributed by atoms with Gasteiger partial charge in [0.05, 0.1) is 17.6 Å². The molecule has 1 saturated carbocycles. The van der Waals surface area contributed by atoms with E-state index in [0.29, 0.717) is 12.5 Å². The van der Waals surface area contributed by atoms with Crippen LogP contribution in [0.15, 0.2) is 16.6 Å². The van der Waals surface area contributed by atoms with E-state index in [-0.39, 0.29) is 11.2 Å². The van der Waals surface area contributed by atoms with Gasteiger partial charge in [-0.2, -0.15) is 0 Å². The zero-order valence-electron chi connectivity index (χ0n) is 11.8. The highest BCUT2D eigenvalue weighted by atomic mass is 79.9. The molecule has 1 aromatic heterocycles. The SMILES string of the molecule is Cc1nc(OC[C@@H]2CCCC[C@H]2S(C)(=O)=O)ccc1Br. The fraction of sp³-hybridized carbons (Fsp3) is 0.643. The van der Waals surface area contributed by atoms with Crippen molar-refractivity contribution >= 4 is 25.8 Å². The Bertz CT molecular complexity index is 574. The van der Waals surface area contributed by atoms with E-state index in [4.69, 9.17) is 4.74 Å². The Morgan fingerprint density at radius 3 is 2.70 bits per heavy atom. The highest BCUT2D eigenvalue weighted by Gasteiger charge is 2.33. The number of halogens is 1. The fourth-order valence-corrected chi connectivity index (χ4v) is 4.45. The third-order valence-electron chi connectivity index (χ3n) is 3.83. The molecule has 0 bridgehead atoms. The topological polar surface area (TPSA) is 56.3 Å². The monoisotopic (exact) mass is 361 g/mol. The Morgan fingerprint density at radius 1 is 1.35 bits per heavy atom. The summed E-state index contributed by atoms with van der Waals surface area (Å²) in [6.45, 7) is 2.32. The van der Waals surface area contributed by atoms with Crippen LogP contribution in [0.1, 0.15) is 31.4 Å². The number of rotatable bonds is 4. The molecule has 0 N–H and O–H groups in total. The number of hydrogen-bond acceptors (Lipinski definition) is 4. The molecule has 0 spiro atoms. The Balaban J connectivity index is 2.02. The van der Waals surface area contributed by atoms with Crippen LogP contribution in [-0.2, 0) is 9.84 Å². The third kappa shape index (κ3) is 3.95. The molecule has 20 heavy (non-hydrogen) atoms. The second kappa shape index (κ2) is 6.43. The van der Waals surface area contributed by atoms with E-state index in [2.05, 4.69) is 20.9 Å². The number of nitrogens with zero attached hydrogens (tertiary/aromatic N) is 1. The van der Waals surface area contributed by atoms with Gasteiger partial charge < -0.3 is 4.74 Å². The van der Waals surface area contributed by atoms with Crippen molar-refractivity contribution in [2.75, 3.05) is 12.9 Å². The molecule has 2 rings (SSSR count). The van der Waals surface area contributed by atoms with Crippen molar-refractivity contribution in [1.82, 2.24) is 4.98 Å². The van der Waals surface area contributed by atoms with Crippen LogP contribution in [0.4, 0.5) is 0 Å². The standard InChI is InChI=1S/C14H20BrNO3S/c1-10-12(15)7-8-14(16-10)19-9-11-5-3-4-6-13(11)20(2,17)18/h7-8,11,13H,3-6,9H2,1-2H3/t11-,13+/m0/s1. The number of hydrogen-bond donors (Lipinski definition) is 0. The molecule has 112 valence electrons. The second-order valence-corrected chi connectivity index (χ2v) is 8.56. The molecule has 1 aliphatic carbocycles. The summed E-state index contributed by atoms with van der Waals surface area (Å²) in [7, 11) is -3.00. The molecule has 1 aliphatic rings. The summed E-state index contributed by atoms with van der Waals surface area (Å²) in [4.78, 5) is 4.33. The summed E-state index contributed by atoms with van der Waals surface area (Å²) >= 11 is 3.40. The number of sulfone groups is 1. The van der Waals surface area contributed by atoms with E-state index in [0.717, 1.165) is 35.8 Å². The van der Waals surface area contributed by atoms with Gasteiger partial charge in [0.2, 0.25) is 5.88 Å². The molecule has 1 heterocycles. The van der Waals surface area contributed by atoms with Gasteiger partial charge in [-0.15, -0.1) is 0 Å². The Kier molecular flexibility index (Phi) is 5.07. The lowest BCUT2D eigenvalue weighted by Crippen LogP contribution is -2.35. The van der Waals surface area contributed by atoms with Crippen molar-refractivity contribution < 1.29 is 13.2 Å². The van der Waals surface area contributed by atoms with Crippen molar-refractivity contribution in [3.8, 4) is 5.88 Å². The molecule has 6 heteroatoms. The molecule has 0 unspecified atom stereocenters. The molecular formula is C14H20BrNO3S. The second-order valence-electron chi connectivity index (χ2n) is 5.44. The summed E-state index contributed by atoms with van der Waals surface area (Å²) in [5.74, 6) is 0.632. The number of ether oxygens (including phenoxy) is 1. The predicted octanol–water partition coefficient (Wildman–Crippen LogP) is 3.13. The van der Waals surface area contributed by atoms with Crippen molar-refractivity contribution in [2.45, 2.75) is 37.9 Å². The summed E-state index contributed by atoms with van der Waals surface area (Å²) in [6, 6.07) is 3.70. The summed E-state index contributed by atoms with van der Waals surface area (Å²) in [6.07, 6.45) is 5.06. The normalized spacial score (nSPS) is 23.6. The lowest BCUT2D eigenvalue weighted by atomic mass is 9.89. The molecule has 1 fully saturated rings. The Hall–Kier alpha value is -0.620. The lowest BCUT2D eigenvalue weighted by Gasteiger charge is -2.29. The fourth-order valence-electron chi connectivity index (χ4n) is 2.72. The predicted molar refractivity (Wildman–Crippen MR) is 82.8 cm³/mol. The van der Waals surface area contributed by atoms with Crippen LogP contribution in [0.2, 0.25) is 0 Å². The van der Waals surface area contributed by atoms with Gasteiger partial charge in [-0.05, 0) is 41.8 Å². The molecule has 4 nitrogen and oxygen atoms in total. The zero-order valence-corrected chi connectivity index (χ0v) is 14.2. The van der Waals surface area contributed by atoms with Crippen molar-refractivity contribution in [1.29, 1.82) is 0 Å². The maximum Gasteiger partial charge on any atom is 0.213 e. The summed E-state index contributed by atoms with van der Waals surface area (Å²) in [5, 5.41) is -0.271. The third-order valence-corrected chi connectivity index (χ3v) is 6.39. The first-order chi connectivity index (χ1) is 9.38. The van der Waals surface area contributed by atoms with Gasteiger partial charge in [-0.1, -0.05) is 12.8 Å². The van der Waals surface area contributed by atoms with E-state index in [1.165, 1.54) is 6.26 Å². The minimum Gasteiger partial charge on any atom is -0.477 e. The van der Waals surface area contributed by atoms with Crippen molar-refractivity contribution in [2.24, 2.45) is 5.92 Å². The summed E-state index contributed by atoms with van der Waals surface area (Å²) in [5.41, 5.74) is 0.866. The maximum absolute atomic E-state index is 11.8. The smallest absolute Gasteiger partial charge is 0.213 e. The van der Waals surface area contributed by atoms with Gasteiger partial charge in [0, 0.05) is 22.7 Å². The van der Waals surface area contributed by atoms with Crippen LogP contribution in [0.25, 0.3) is 0 Å². The first-order valence-corrected chi connectivity index (χ1v) is 9.57. The van der Waals surface area contributed by atoms with Crippen LogP contribution in [-0.4, -0.2) is 31.5 Å². The van der Waals surface area contributed by atoms with Gasteiger partial charge >= 0.3 is 0 Å². The van der Waals surface area contributed by atoms with Crippen molar-refractivity contribution in [3.63, 3.8) is 0 Å². The average Bonchev–Trinajstić information content (AvgIpc) is 2.39. The van der Waals surface area contributed by atoms with E-state index >= 15 is 0 Å². The first-order valence-electron chi connectivity index (χ1n) is 6.83. The minimum absolute atomic E-state index is 0.0736. The van der Waals surface area contributed by atoms with Crippen LogP contribution in [0, 0.1) is 12.8 Å². The Morgan fingerprint density at radius 2 is 2.05 bits per heavy atom. The Labute approximate surface area is 129 Å². The minimum atomic E-state index is -3.00. The van der Waals surface area contributed by atoms with Gasteiger partial charge in [0.25, 0.3) is 0 Å². The van der Waals surface area contributed by atoms with Gasteiger partial charge in [0.1, 0.15) is 0 Å². The molecule has 0 aliphatic heterocycles.